The number of rotatable bonds is 11. The van der Waals surface area contributed by atoms with Gasteiger partial charge in [0.15, 0.2) is 0 Å². The molecule has 1 N–H and O–H groups in total. The highest BCUT2D eigenvalue weighted by molar-refractivity contribution is 5.14. The second kappa shape index (κ2) is 11.6. The zero-order chi connectivity index (χ0) is 17.9. The van der Waals surface area contributed by atoms with E-state index in [1.54, 1.807) is 0 Å². The number of ether oxygens (including phenoxy) is 2. The average molecular weight is 351 g/mol. The summed E-state index contributed by atoms with van der Waals surface area (Å²) < 4.78 is 11.0. The molecule has 0 aromatic heterocycles. The van der Waals surface area contributed by atoms with Gasteiger partial charge in [-0.1, -0.05) is 44.2 Å². The Morgan fingerprint density at radius 3 is 2.56 bits per heavy atom. The van der Waals surface area contributed by atoms with E-state index in [9.17, 15) is 5.11 Å². The number of hydrogen-bond acceptors (Lipinski definition) is 5. The lowest BCUT2D eigenvalue weighted by Gasteiger charge is -2.31. The molecule has 5 heteroatoms. The first-order valence-corrected chi connectivity index (χ1v) is 9.45. The fourth-order valence-corrected chi connectivity index (χ4v) is 2.97. The standard InChI is InChI=1S/C20H34N2O3/c1-18(2)16-25-17-20(23)15-22(14-19-6-4-3-5-7-19)9-8-21-10-12-24-13-11-21/h3-7,18,20,23H,8-17H2,1-2H3/t20-/m1/s1. The van der Waals surface area contributed by atoms with Gasteiger partial charge in [0, 0.05) is 45.9 Å². The van der Waals surface area contributed by atoms with Gasteiger partial charge in [-0.3, -0.25) is 9.80 Å². The van der Waals surface area contributed by atoms with E-state index in [2.05, 4.69) is 47.9 Å². The van der Waals surface area contributed by atoms with Crippen LogP contribution in [0.15, 0.2) is 30.3 Å². The normalized spacial score (nSPS) is 17.3. The lowest BCUT2D eigenvalue weighted by atomic mass is 10.2. The topological polar surface area (TPSA) is 45.2 Å². The predicted molar refractivity (Wildman–Crippen MR) is 101 cm³/mol. The number of hydrogen-bond donors (Lipinski definition) is 1. The number of benzene rings is 1. The van der Waals surface area contributed by atoms with Crippen molar-refractivity contribution in [1.29, 1.82) is 0 Å². The third-order valence-corrected chi connectivity index (χ3v) is 4.32. The van der Waals surface area contributed by atoms with Crippen molar-refractivity contribution in [2.75, 3.05) is 59.2 Å². The lowest BCUT2D eigenvalue weighted by molar-refractivity contribution is 0.000957. The highest BCUT2D eigenvalue weighted by Gasteiger charge is 2.16. The van der Waals surface area contributed by atoms with Crippen LogP contribution in [0.3, 0.4) is 0 Å². The van der Waals surface area contributed by atoms with Crippen LogP contribution >= 0.6 is 0 Å². The third-order valence-electron chi connectivity index (χ3n) is 4.32. The molecule has 1 heterocycles. The number of aliphatic hydroxyl groups excluding tert-OH is 1. The maximum absolute atomic E-state index is 10.3. The smallest absolute Gasteiger partial charge is 0.0900 e. The Hall–Kier alpha value is -0.980. The summed E-state index contributed by atoms with van der Waals surface area (Å²) in [5.74, 6) is 0.494. The van der Waals surface area contributed by atoms with Crippen molar-refractivity contribution in [3.63, 3.8) is 0 Å². The van der Waals surface area contributed by atoms with Gasteiger partial charge in [0.2, 0.25) is 0 Å². The summed E-state index contributed by atoms with van der Waals surface area (Å²) >= 11 is 0. The molecule has 1 fully saturated rings. The van der Waals surface area contributed by atoms with E-state index in [-0.39, 0.29) is 0 Å². The van der Waals surface area contributed by atoms with Crippen LogP contribution in [0.5, 0.6) is 0 Å². The van der Waals surface area contributed by atoms with Crippen LogP contribution in [-0.2, 0) is 16.0 Å². The SMILES string of the molecule is CC(C)COC[C@H](O)CN(CCN1CCOCC1)Cc1ccccc1. The Bertz CT molecular complexity index is 450. The maximum Gasteiger partial charge on any atom is 0.0900 e. The monoisotopic (exact) mass is 350 g/mol. The van der Waals surface area contributed by atoms with Crippen molar-refractivity contribution < 1.29 is 14.6 Å². The fourth-order valence-electron chi connectivity index (χ4n) is 2.97. The van der Waals surface area contributed by atoms with Crippen molar-refractivity contribution in [2.24, 2.45) is 5.92 Å². The highest BCUT2D eigenvalue weighted by atomic mass is 16.5. The molecule has 1 atom stereocenters. The van der Waals surface area contributed by atoms with Gasteiger partial charge in [0.25, 0.3) is 0 Å². The van der Waals surface area contributed by atoms with E-state index >= 15 is 0 Å². The molecule has 1 aliphatic heterocycles. The summed E-state index contributed by atoms with van der Waals surface area (Å²) in [5.41, 5.74) is 1.28. The van der Waals surface area contributed by atoms with Gasteiger partial charge in [0.05, 0.1) is 25.9 Å². The first-order chi connectivity index (χ1) is 12.1. The molecule has 0 unspecified atom stereocenters. The number of morpholine rings is 1. The van der Waals surface area contributed by atoms with Gasteiger partial charge >= 0.3 is 0 Å². The minimum Gasteiger partial charge on any atom is -0.389 e. The molecule has 2 rings (SSSR count). The van der Waals surface area contributed by atoms with E-state index in [4.69, 9.17) is 9.47 Å². The summed E-state index contributed by atoms with van der Waals surface area (Å²) in [6.45, 7) is 12.4. The first kappa shape index (κ1) is 20.3. The van der Waals surface area contributed by atoms with Crippen molar-refractivity contribution in [3.8, 4) is 0 Å². The number of nitrogens with zero attached hydrogens (tertiary/aromatic N) is 2. The molecule has 0 radical (unpaired) electrons. The maximum atomic E-state index is 10.3. The molecule has 1 aliphatic rings. The minimum absolute atomic E-state index is 0.404. The van der Waals surface area contributed by atoms with Crippen molar-refractivity contribution in [2.45, 2.75) is 26.5 Å². The Morgan fingerprint density at radius 1 is 1.16 bits per heavy atom. The van der Waals surface area contributed by atoms with Crippen LogP contribution in [-0.4, -0.2) is 80.2 Å². The Kier molecular flexibility index (Phi) is 9.43. The number of aliphatic hydroxyl groups is 1. The fraction of sp³-hybridized carbons (Fsp3) is 0.700. The van der Waals surface area contributed by atoms with Gasteiger partial charge in [-0.2, -0.15) is 0 Å². The molecule has 0 aliphatic carbocycles. The Balaban J connectivity index is 1.82. The Labute approximate surface area is 152 Å². The summed E-state index contributed by atoms with van der Waals surface area (Å²) in [4.78, 5) is 4.76. The zero-order valence-corrected chi connectivity index (χ0v) is 15.8. The van der Waals surface area contributed by atoms with Crippen LogP contribution < -0.4 is 0 Å². The quantitative estimate of drug-likeness (QED) is 0.660. The molecule has 0 bridgehead atoms. The summed E-state index contributed by atoms with van der Waals surface area (Å²) in [6.07, 6.45) is -0.452. The molecule has 1 aromatic rings. The molecule has 0 saturated carbocycles. The van der Waals surface area contributed by atoms with Crippen molar-refractivity contribution in [1.82, 2.24) is 9.80 Å². The van der Waals surface area contributed by atoms with E-state index in [0.717, 1.165) is 45.9 Å². The molecule has 1 aromatic carbocycles. The molecular weight excluding hydrogens is 316 g/mol. The second-order valence-electron chi connectivity index (χ2n) is 7.26. The van der Waals surface area contributed by atoms with Crippen LogP contribution in [0.1, 0.15) is 19.4 Å². The highest BCUT2D eigenvalue weighted by Crippen LogP contribution is 2.07. The van der Waals surface area contributed by atoms with E-state index in [0.29, 0.717) is 25.7 Å². The third kappa shape index (κ3) is 8.79. The van der Waals surface area contributed by atoms with Crippen LogP contribution in [0.25, 0.3) is 0 Å². The summed E-state index contributed by atoms with van der Waals surface area (Å²) in [6, 6.07) is 10.5. The summed E-state index contributed by atoms with van der Waals surface area (Å²) in [7, 11) is 0. The molecule has 1 saturated heterocycles. The van der Waals surface area contributed by atoms with Gasteiger partial charge in [-0.05, 0) is 11.5 Å². The average Bonchev–Trinajstić information content (AvgIpc) is 2.61. The van der Waals surface area contributed by atoms with Gasteiger partial charge < -0.3 is 14.6 Å². The van der Waals surface area contributed by atoms with Gasteiger partial charge in [-0.15, -0.1) is 0 Å². The van der Waals surface area contributed by atoms with Crippen LogP contribution in [0.4, 0.5) is 0 Å². The van der Waals surface area contributed by atoms with Crippen LogP contribution in [0, 0.1) is 5.92 Å². The lowest BCUT2D eigenvalue weighted by Crippen LogP contribution is -2.43. The van der Waals surface area contributed by atoms with Gasteiger partial charge in [0.1, 0.15) is 0 Å². The van der Waals surface area contributed by atoms with Crippen molar-refractivity contribution >= 4 is 0 Å². The van der Waals surface area contributed by atoms with E-state index in [1.165, 1.54) is 5.56 Å². The van der Waals surface area contributed by atoms with Crippen LogP contribution in [0.2, 0.25) is 0 Å². The summed E-state index contributed by atoms with van der Waals surface area (Å²) in [5, 5.41) is 10.3. The molecule has 5 nitrogen and oxygen atoms in total. The predicted octanol–water partition coefficient (Wildman–Crippen LogP) is 1.85. The van der Waals surface area contributed by atoms with E-state index in [1.807, 2.05) is 6.07 Å². The molecule has 0 amide bonds. The Morgan fingerprint density at radius 2 is 1.88 bits per heavy atom. The largest absolute Gasteiger partial charge is 0.389 e. The van der Waals surface area contributed by atoms with Crippen molar-refractivity contribution in [3.05, 3.63) is 35.9 Å². The second-order valence-corrected chi connectivity index (χ2v) is 7.26. The molecular formula is C20H34N2O3. The van der Waals surface area contributed by atoms with Gasteiger partial charge in [-0.25, -0.2) is 0 Å². The zero-order valence-electron chi connectivity index (χ0n) is 15.8. The van der Waals surface area contributed by atoms with E-state index < -0.39 is 6.10 Å². The minimum atomic E-state index is -0.452. The molecule has 142 valence electrons. The molecule has 0 spiro atoms. The first-order valence-electron chi connectivity index (χ1n) is 9.45. The molecule has 25 heavy (non-hydrogen) atoms.